The Morgan fingerprint density at radius 3 is 2.53 bits per heavy atom. The molecule has 1 unspecified atom stereocenters. The van der Waals surface area contributed by atoms with Crippen molar-refractivity contribution < 1.29 is 18.3 Å². The van der Waals surface area contributed by atoms with Gasteiger partial charge >= 0.3 is 5.38 Å². The van der Waals surface area contributed by atoms with Crippen LogP contribution in [-0.4, -0.2) is 16.6 Å². The Hall–Kier alpha value is -0.740. The van der Waals surface area contributed by atoms with Gasteiger partial charge in [0.1, 0.15) is 11.9 Å². The van der Waals surface area contributed by atoms with Crippen molar-refractivity contribution in [3.8, 4) is 0 Å². The molecule has 0 aliphatic rings. The number of rotatable bonds is 3. The summed E-state index contributed by atoms with van der Waals surface area (Å²) in [6, 6.07) is 3.73. The van der Waals surface area contributed by atoms with E-state index in [-0.39, 0.29) is 6.42 Å². The number of halogens is 4. The van der Waals surface area contributed by atoms with Gasteiger partial charge in [-0.3, -0.25) is 0 Å². The molecule has 1 nitrogen and oxygen atoms in total. The molecule has 5 heteroatoms. The highest BCUT2D eigenvalue weighted by atomic mass is 35.5. The summed E-state index contributed by atoms with van der Waals surface area (Å²) in [4.78, 5) is 0. The first kappa shape index (κ1) is 12.3. The molecule has 0 bridgehead atoms. The summed E-state index contributed by atoms with van der Waals surface area (Å²) in [7, 11) is 0. The standard InChI is InChI=1S/C10H10ClF3O/c1-6-4-8(12)3-2-7(6)5-9(15)10(11,13)14/h2-4,9,15H,5H2,1H3. The van der Waals surface area contributed by atoms with Crippen LogP contribution in [-0.2, 0) is 6.42 Å². The maximum atomic E-state index is 12.7. The second-order valence-electron chi connectivity index (χ2n) is 3.33. The van der Waals surface area contributed by atoms with Crippen LogP contribution in [0.5, 0.6) is 0 Å². The molecule has 1 aromatic carbocycles. The molecule has 1 atom stereocenters. The van der Waals surface area contributed by atoms with Gasteiger partial charge in [-0.05, 0) is 41.8 Å². The van der Waals surface area contributed by atoms with Crippen molar-refractivity contribution in [1.82, 2.24) is 0 Å². The van der Waals surface area contributed by atoms with Gasteiger partial charge < -0.3 is 5.11 Å². The molecule has 15 heavy (non-hydrogen) atoms. The lowest BCUT2D eigenvalue weighted by Gasteiger charge is -2.16. The minimum atomic E-state index is -3.67. The van der Waals surface area contributed by atoms with Crippen molar-refractivity contribution in [2.75, 3.05) is 0 Å². The van der Waals surface area contributed by atoms with Gasteiger partial charge in [0.05, 0.1) is 0 Å². The number of benzene rings is 1. The van der Waals surface area contributed by atoms with Crippen LogP contribution in [0.4, 0.5) is 13.2 Å². The number of hydrogen-bond donors (Lipinski definition) is 1. The number of aliphatic hydroxyl groups is 1. The summed E-state index contributed by atoms with van der Waals surface area (Å²) >= 11 is 4.66. The van der Waals surface area contributed by atoms with E-state index in [4.69, 9.17) is 5.11 Å². The summed E-state index contributed by atoms with van der Waals surface area (Å²) < 4.78 is 37.6. The van der Waals surface area contributed by atoms with E-state index in [9.17, 15) is 13.2 Å². The average Bonchev–Trinajstić information content (AvgIpc) is 2.08. The molecule has 0 amide bonds. The second-order valence-corrected chi connectivity index (χ2v) is 3.84. The maximum Gasteiger partial charge on any atom is 0.347 e. The lowest BCUT2D eigenvalue weighted by Crippen LogP contribution is -2.29. The first-order valence-electron chi connectivity index (χ1n) is 4.30. The van der Waals surface area contributed by atoms with Crippen molar-refractivity contribution >= 4 is 11.6 Å². The van der Waals surface area contributed by atoms with Crippen LogP contribution in [0.15, 0.2) is 18.2 Å². The highest BCUT2D eigenvalue weighted by molar-refractivity contribution is 6.22. The molecule has 0 aromatic heterocycles. The molecule has 1 rings (SSSR count). The highest BCUT2D eigenvalue weighted by Crippen LogP contribution is 2.26. The monoisotopic (exact) mass is 238 g/mol. The Morgan fingerprint density at radius 2 is 2.07 bits per heavy atom. The predicted octanol–water partition coefficient (Wildman–Crippen LogP) is 2.87. The first-order chi connectivity index (χ1) is 6.80. The van der Waals surface area contributed by atoms with Crippen LogP contribution in [0.25, 0.3) is 0 Å². The van der Waals surface area contributed by atoms with Gasteiger partial charge in [-0.25, -0.2) is 4.39 Å². The Morgan fingerprint density at radius 1 is 1.47 bits per heavy atom. The van der Waals surface area contributed by atoms with E-state index in [1.807, 2.05) is 0 Å². The third kappa shape index (κ3) is 3.39. The van der Waals surface area contributed by atoms with Crippen LogP contribution < -0.4 is 0 Å². The molecule has 0 spiro atoms. The Kier molecular flexibility index (Phi) is 3.62. The summed E-state index contributed by atoms with van der Waals surface area (Å²) in [5, 5.41) is 5.39. The molecule has 0 fully saturated rings. The van der Waals surface area contributed by atoms with Crippen molar-refractivity contribution in [2.24, 2.45) is 0 Å². The van der Waals surface area contributed by atoms with E-state index < -0.39 is 17.3 Å². The van der Waals surface area contributed by atoms with E-state index >= 15 is 0 Å². The van der Waals surface area contributed by atoms with E-state index in [1.54, 1.807) is 6.92 Å². The van der Waals surface area contributed by atoms with Crippen LogP contribution in [0, 0.1) is 12.7 Å². The fraction of sp³-hybridized carbons (Fsp3) is 0.400. The summed E-state index contributed by atoms with van der Waals surface area (Å²) in [5.74, 6) is -0.441. The molecule has 1 N–H and O–H groups in total. The van der Waals surface area contributed by atoms with Crippen molar-refractivity contribution in [3.05, 3.63) is 35.1 Å². The van der Waals surface area contributed by atoms with Gasteiger partial charge in [0.15, 0.2) is 0 Å². The van der Waals surface area contributed by atoms with Crippen LogP contribution in [0.3, 0.4) is 0 Å². The molecule has 0 aliphatic heterocycles. The minimum absolute atomic E-state index is 0.303. The third-order valence-corrected chi connectivity index (χ3v) is 2.35. The average molecular weight is 239 g/mol. The molecule has 0 saturated heterocycles. The van der Waals surface area contributed by atoms with Crippen LogP contribution in [0.1, 0.15) is 11.1 Å². The second kappa shape index (κ2) is 4.41. The van der Waals surface area contributed by atoms with E-state index in [0.717, 1.165) is 6.07 Å². The Bertz CT molecular complexity index is 349. The number of aryl methyl sites for hydroxylation is 1. The van der Waals surface area contributed by atoms with E-state index in [0.29, 0.717) is 11.1 Å². The zero-order valence-electron chi connectivity index (χ0n) is 7.98. The van der Waals surface area contributed by atoms with Gasteiger partial charge in [-0.2, -0.15) is 8.78 Å². The Balaban J connectivity index is 2.82. The molecule has 0 radical (unpaired) electrons. The van der Waals surface area contributed by atoms with Gasteiger partial charge in [0.25, 0.3) is 0 Å². The lowest BCUT2D eigenvalue weighted by atomic mass is 10.0. The summed E-state index contributed by atoms with van der Waals surface area (Å²) in [5.41, 5.74) is 0.958. The minimum Gasteiger partial charge on any atom is -0.385 e. The molecule has 0 aliphatic carbocycles. The normalized spacial score (nSPS) is 14.0. The van der Waals surface area contributed by atoms with Crippen molar-refractivity contribution in [1.29, 1.82) is 0 Å². The summed E-state index contributed by atoms with van der Waals surface area (Å²) in [6.45, 7) is 1.58. The van der Waals surface area contributed by atoms with Gasteiger partial charge in [-0.1, -0.05) is 6.07 Å². The van der Waals surface area contributed by atoms with Crippen molar-refractivity contribution in [2.45, 2.75) is 24.8 Å². The SMILES string of the molecule is Cc1cc(F)ccc1CC(O)C(F)(F)Cl. The maximum absolute atomic E-state index is 12.7. The number of alkyl halides is 3. The first-order valence-corrected chi connectivity index (χ1v) is 4.68. The van der Waals surface area contributed by atoms with E-state index in [1.165, 1.54) is 12.1 Å². The molecule has 84 valence electrons. The highest BCUT2D eigenvalue weighted by Gasteiger charge is 2.35. The van der Waals surface area contributed by atoms with Gasteiger partial charge in [0.2, 0.25) is 0 Å². The van der Waals surface area contributed by atoms with Crippen LogP contribution >= 0.6 is 11.6 Å². The van der Waals surface area contributed by atoms with E-state index in [2.05, 4.69) is 11.6 Å². The summed E-state index contributed by atoms with van der Waals surface area (Å²) in [6.07, 6.45) is -2.27. The molecule has 0 heterocycles. The lowest BCUT2D eigenvalue weighted by molar-refractivity contribution is -0.0398. The number of aliphatic hydroxyl groups excluding tert-OH is 1. The van der Waals surface area contributed by atoms with Crippen LogP contribution in [0.2, 0.25) is 0 Å². The number of hydrogen-bond acceptors (Lipinski definition) is 1. The smallest absolute Gasteiger partial charge is 0.347 e. The van der Waals surface area contributed by atoms with Gasteiger partial charge in [0, 0.05) is 6.42 Å². The predicted molar refractivity (Wildman–Crippen MR) is 51.6 cm³/mol. The molecule has 0 saturated carbocycles. The van der Waals surface area contributed by atoms with Gasteiger partial charge in [-0.15, -0.1) is 0 Å². The molecule has 1 aromatic rings. The Labute approximate surface area is 90.5 Å². The zero-order chi connectivity index (χ0) is 11.6. The molecular formula is C10H10ClF3O. The topological polar surface area (TPSA) is 20.2 Å². The molecular weight excluding hydrogens is 229 g/mol. The third-order valence-electron chi connectivity index (χ3n) is 2.10. The zero-order valence-corrected chi connectivity index (χ0v) is 8.73. The quantitative estimate of drug-likeness (QED) is 0.803. The fourth-order valence-corrected chi connectivity index (χ4v) is 1.29. The largest absolute Gasteiger partial charge is 0.385 e. The van der Waals surface area contributed by atoms with Crippen molar-refractivity contribution in [3.63, 3.8) is 0 Å². The fourth-order valence-electron chi connectivity index (χ4n) is 1.21.